The number of aromatic nitrogens is 5. The number of halogens is 3. The van der Waals surface area contributed by atoms with E-state index in [0.717, 1.165) is 37.0 Å². The number of hydrogen-bond donors (Lipinski definition) is 0. The first-order chi connectivity index (χ1) is 10.7. The van der Waals surface area contributed by atoms with Crippen LogP contribution in [-0.4, -0.2) is 24.7 Å². The van der Waals surface area contributed by atoms with Crippen molar-refractivity contribution < 1.29 is 13.2 Å². The van der Waals surface area contributed by atoms with Gasteiger partial charge in [-0.1, -0.05) is 0 Å². The van der Waals surface area contributed by atoms with Gasteiger partial charge in [0.05, 0.1) is 0 Å². The van der Waals surface area contributed by atoms with Crippen LogP contribution in [0.4, 0.5) is 13.2 Å². The van der Waals surface area contributed by atoms with E-state index < -0.39 is 12.0 Å². The Morgan fingerprint density at radius 2 is 1.78 bits per heavy atom. The van der Waals surface area contributed by atoms with Gasteiger partial charge in [0.1, 0.15) is 15.7 Å². The molecule has 10 heteroatoms. The predicted molar refractivity (Wildman–Crippen MR) is 81.8 cm³/mol. The van der Waals surface area contributed by atoms with Gasteiger partial charge >= 0.3 is 6.18 Å². The van der Waals surface area contributed by atoms with Crippen LogP contribution in [0.1, 0.15) is 22.1 Å². The lowest BCUT2D eigenvalue weighted by Crippen LogP contribution is -2.12. The fourth-order valence-corrected chi connectivity index (χ4v) is 4.27. The van der Waals surface area contributed by atoms with Crippen molar-refractivity contribution in [3.05, 3.63) is 22.1 Å². The Morgan fingerprint density at radius 1 is 1.09 bits per heavy atom. The van der Waals surface area contributed by atoms with Gasteiger partial charge in [0.2, 0.25) is 5.82 Å². The normalized spacial score (nSPS) is 12.3. The lowest BCUT2D eigenvalue weighted by molar-refractivity contribution is -0.147. The molecule has 3 rings (SSSR count). The third-order valence-electron chi connectivity index (χ3n) is 3.38. The van der Waals surface area contributed by atoms with Gasteiger partial charge in [-0.3, -0.25) is 0 Å². The summed E-state index contributed by atoms with van der Waals surface area (Å²) in [6.07, 6.45) is -4.54. The van der Waals surface area contributed by atoms with Crippen molar-refractivity contribution in [3.63, 3.8) is 0 Å². The van der Waals surface area contributed by atoms with Crippen LogP contribution in [0.15, 0.2) is 10.2 Å². The second-order valence-electron chi connectivity index (χ2n) is 5.00. The van der Waals surface area contributed by atoms with Gasteiger partial charge in [0, 0.05) is 17.3 Å². The number of fused-ring (bicyclic) bond motifs is 1. The van der Waals surface area contributed by atoms with E-state index in [1.165, 1.54) is 7.05 Å². The fraction of sp³-hybridized carbons (Fsp3) is 0.385. The molecule has 3 aromatic rings. The van der Waals surface area contributed by atoms with Crippen LogP contribution in [0.3, 0.4) is 0 Å². The molecule has 0 radical (unpaired) electrons. The van der Waals surface area contributed by atoms with Gasteiger partial charge in [-0.05, 0) is 38.1 Å². The summed E-state index contributed by atoms with van der Waals surface area (Å²) in [4.78, 5) is 10.7. The van der Waals surface area contributed by atoms with E-state index in [2.05, 4.69) is 20.2 Å². The summed E-state index contributed by atoms with van der Waals surface area (Å²) in [6, 6.07) is 0. The summed E-state index contributed by atoms with van der Waals surface area (Å²) in [5, 5.41) is 8.48. The molecule has 0 unspecified atom stereocenters. The molecule has 0 aromatic carbocycles. The monoisotopic (exact) mass is 359 g/mol. The number of aryl methyl sites for hydroxylation is 3. The van der Waals surface area contributed by atoms with E-state index >= 15 is 0 Å². The van der Waals surface area contributed by atoms with Crippen molar-refractivity contribution >= 4 is 33.3 Å². The molecule has 0 aliphatic carbocycles. The van der Waals surface area contributed by atoms with Crippen LogP contribution in [0.25, 0.3) is 10.2 Å². The lowest BCUT2D eigenvalue weighted by atomic mass is 10.2. The van der Waals surface area contributed by atoms with Crippen molar-refractivity contribution in [3.8, 4) is 0 Å². The molecule has 0 atom stereocenters. The summed E-state index contributed by atoms with van der Waals surface area (Å²) >= 11 is 2.61. The molecule has 122 valence electrons. The van der Waals surface area contributed by atoms with Crippen molar-refractivity contribution in [2.45, 2.75) is 37.1 Å². The SMILES string of the molecule is Cc1nc(Sc2nnc(C(F)(F)F)n2C)c2c(C)c(C)sc2n1. The minimum Gasteiger partial charge on any atom is -0.301 e. The predicted octanol–water partition coefficient (Wildman–Crippen LogP) is 3.92. The number of rotatable bonds is 2. The molecule has 3 heterocycles. The zero-order valence-electron chi connectivity index (χ0n) is 12.7. The lowest BCUT2D eigenvalue weighted by Gasteiger charge is -2.07. The van der Waals surface area contributed by atoms with Crippen LogP contribution < -0.4 is 0 Å². The molecule has 0 saturated heterocycles. The van der Waals surface area contributed by atoms with E-state index in [1.54, 1.807) is 18.3 Å². The summed E-state index contributed by atoms with van der Waals surface area (Å²) in [5.41, 5.74) is 1.03. The standard InChI is InChI=1S/C13H12F3N5S2/c1-5-6(2)22-9-8(5)10(18-7(3)17-9)23-12-20-19-11(21(12)4)13(14,15)16/h1-4H3. The highest BCUT2D eigenvalue weighted by molar-refractivity contribution is 7.99. The maximum Gasteiger partial charge on any atom is 0.451 e. The summed E-state index contributed by atoms with van der Waals surface area (Å²) in [5.74, 6) is -0.459. The second kappa shape index (κ2) is 5.45. The van der Waals surface area contributed by atoms with E-state index in [1.807, 2.05) is 13.8 Å². The highest BCUT2D eigenvalue weighted by Gasteiger charge is 2.37. The second-order valence-corrected chi connectivity index (χ2v) is 7.16. The number of nitrogens with zero attached hydrogens (tertiary/aromatic N) is 5. The molecule has 0 aliphatic heterocycles. The molecule has 0 saturated carbocycles. The Balaban J connectivity index is 2.11. The van der Waals surface area contributed by atoms with E-state index in [0.29, 0.717) is 10.9 Å². The molecule has 0 aliphatic rings. The zero-order valence-corrected chi connectivity index (χ0v) is 14.3. The topological polar surface area (TPSA) is 56.5 Å². The van der Waals surface area contributed by atoms with Crippen LogP contribution in [0.2, 0.25) is 0 Å². The Bertz CT molecular complexity index is 897. The smallest absolute Gasteiger partial charge is 0.301 e. The molecule has 0 amide bonds. The first-order valence-electron chi connectivity index (χ1n) is 6.57. The fourth-order valence-electron chi connectivity index (χ4n) is 2.13. The molecular weight excluding hydrogens is 347 g/mol. The first kappa shape index (κ1) is 16.2. The van der Waals surface area contributed by atoms with Crippen LogP contribution >= 0.6 is 23.1 Å². The molecule has 0 N–H and O–H groups in total. The number of thiophene rings is 1. The third kappa shape index (κ3) is 2.80. The Kier molecular flexibility index (Phi) is 3.83. The maximum atomic E-state index is 12.8. The van der Waals surface area contributed by atoms with Crippen molar-refractivity contribution in [1.82, 2.24) is 24.7 Å². The molecule has 0 bridgehead atoms. The number of alkyl halides is 3. The van der Waals surface area contributed by atoms with Gasteiger partial charge in [-0.2, -0.15) is 13.2 Å². The summed E-state index contributed by atoms with van der Waals surface area (Å²) in [6.45, 7) is 5.69. The minimum atomic E-state index is -4.54. The third-order valence-corrected chi connectivity index (χ3v) is 5.51. The summed E-state index contributed by atoms with van der Waals surface area (Å²) < 4.78 is 39.4. The average molecular weight is 359 g/mol. The largest absolute Gasteiger partial charge is 0.451 e. The van der Waals surface area contributed by atoms with Gasteiger partial charge in [-0.25, -0.2) is 9.97 Å². The molecule has 5 nitrogen and oxygen atoms in total. The quantitative estimate of drug-likeness (QED) is 0.649. The highest BCUT2D eigenvalue weighted by atomic mass is 32.2. The van der Waals surface area contributed by atoms with Gasteiger partial charge in [0.25, 0.3) is 0 Å². The molecule has 0 spiro atoms. The Morgan fingerprint density at radius 3 is 2.39 bits per heavy atom. The minimum absolute atomic E-state index is 0.139. The number of hydrogen-bond acceptors (Lipinski definition) is 6. The van der Waals surface area contributed by atoms with E-state index in [-0.39, 0.29) is 5.16 Å². The van der Waals surface area contributed by atoms with Gasteiger partial charge < -0.3 is 4.57 Å². The Labute approximate surface area is 138 Å². The zero-order chi connectivity index (χ0) is 16.9. The highest BCUT2D eigenvalue weighted by Crippen LogP contribution is 2.38. The summed E-state index contributed by atoms with van der Waals surface area (Å²) in [7, 11) is 1.29. The van der Waals surface area contributed by atoms with Gasteiger partial charge in [0.15, 0.2) is 5.16 Å². The van der Waals surface area contributed by atoms with Gasteiger partial charge in [-0.15, -0.1) is 21.5 Å². The van der Waals surface area contributed by atoms with Crippen LogP contribution in [0.5, 0.6) is 0 Å². The van der Waals surface area contributed by atoms with Crippen molar-refractivity contribution in [1.29, 1.82) is 0 Å². The average Bonchev–Trinajstić information content (AvgIpc) is 2.91. The van der Waals surface area contributed by atoms with E-state index in [9.17, 15) is 13.2 Å². The van der Waals surface area contributed by atoms with Crippen molar-refractivity contribution in [2.75, 3.05) is 0 Å². The Hall–Kier alpha value is -1.68. The molecule has 3 aromatic heterocycles. The molecular formula is C13H12F3N5S2. The first-order valence-corrected chi connectivity index (χ1v) is 8.20. The maximum absolute atomic E-state index is 12.8. The molecule has 23 heavy (non-hydrogen) atoms. The van der Waals surface area contributed by atoms with Crippen LogP contribution in [-0.2, 0) is 13.2 Å². The molecule has 0 fully saturated rings. The van der Waals surface area contributed by atoms with E-state index in [4.69, 9.17) is 0 Å². The van der Waals surface area contributed by atoms with Crippen LogP contribution in [0, 0.1) is 20.8 Å². The van der Waals surface area contributed by atoms with Crippen molar-refractivity contribution in [2.24, 2.45) is 7.05 Å².